The molecule has 0 unspecified atom stereocenters. The Morgan fingerprint density at radius 2 is 1.71 bits per heavy atom. The molecule has 0 aliphatic rings. The fourth-order valence-corrected chi connectivity index (χ4v) is 1.89. The first kappa shape index (κ1) is 15.3. The summed E-state index contributed by atoms with van der Waals surface area (Å²) in [4.78, 5) is 15.9. The summed E-state index contributed by atoms with van der Waals surface area (Å²) in [6.07, 6.45) is 1.48. The number of hydrogen-bond donors (Lipinski definition) is 2. The second-order valence-electron chi connectivity index (χ2n) is 5.77. The molecule has 21 heavy (non-hydrogen) atoms. The molecule has 0 aliphatic carbocycles. The van der Waals surface area contributed by atoms with Gasteiger partial charge in [0.05, 0.1) is 5.02 Å². The predicted octanol–water partition coefficient (Wildman–Crippen LogP) is 4.68. The van der Waals surface area contributed by atoms with E-state index >= 15 is 0 Å². The summed E-state index contributed by atoms with van der Waals surface area (Å²) < 4.78 is 0. The van der Waals surface area contributed by atoms with Crippen LogP contribution in [0, 0.1) is 0 Å². The number of benzene rings is 1. The van der Waals surface area contributed by atoms with E-state index in [1.54, 1.807) is 12.1 Å². The van der Waals surface area contributed by atoms with Crippen LogP contribution in [0.1, 0.15) is 26.3 Å². The van der Waals surface area contributed by atoms with E-state index in [-0.39, 0.29) is 11.4 Å². The summed E-state index contributed by atoms with van der Waals surface area (Å²) in [5.41, 5.74) is 2.04. The molecule has 5 heteroatoms. The zero-order chi connectivity index (χ0) is 15.5. The molecule has 0 bridgehead atoms. The molecule has 0 fully saturated rings. The van der Waals surface area contributed by atoms with Crippen LogP contribution in [0.4, 0.5) is 16.3 Å². The SMILES string of the molecule is CC(C)(C)c1ccc(NC(=O)Nc2ccc(Cl)cn2)cc1. The normalized spacial score (nSPS) is 11.0. The smallest absolute Gasteiger partial charge is 0.308 e. The molecular formula is C16H18ClN3O. The highest BCUT2D eigenvalue weighted by Crippen LogP contribution is 2.23. The lowest BCUT2D eigenvalue weighted by molar-refractivity contribution is 0.262. The van der Waals surface area contributed by atoms with E-state index in [4.69, 9.17) is 11.6 Å². The van der Waals surface area contributed by atoms with Gasteiger partial charge in [-0.05, 0) is 35.2 Å². The minimum atomic E-state index is -0.340. The van der Waals surface area contributed by atoms with Gasteiger partial charge in [-0.1, -0.05) is 44.5 Å². The summed E-state index contributed by atoms with van der Waals surface area (Å²) in [7, 11) is 0. The van der Waals surface area contributed by atoms with Crippen LogP contribution in [0.15, 0.2) is 42.6 Å². The van der Waals surface area contributed by atoms with E-state index in [0.29, 0.717) is 10.8 Å². The molecule has 110 valence electrons. The molecule has 0 saturated heterocycles. The van der Waals surface area contributed by atoms with Crippen molar-refractivity contribution in [2.75, 3.05) is 10.6 Å². The van der Waals surface area contributed by atoms with Gasteiger partial charge in [0.15, 0.2) is 0 Å². The molecule has 0 radical (unpaired) electrons. The topological polar surface area (TPSA) is 54.0 Å². The van der Waals surface area contributed by atoms with Gasteiger partial charge in [0.25, 0.3) is 0 Å². The summed E-state index contributed by atoms with van der Waals surface area (Å²) in [5.74, 6) is 0.447. The summed E-state index contributed by atoms with van der Waals surface area (Å²) in [6, 6.07) is 10.8. The zero-order valence-corrected chi connectivity index (χ0v) is 13.0. The fraction of sp³-hybridized carbons (Fsp3) is 0.250. The van der Waals surface area contributed by atoms with Crippen LogP contribution >= 0.6 is 11.6 Å². The number of rotatable bonds is 2. The number of urea groups is 1. The van der Waals surface area contributed by atoms with Gasteiger partial charge in [-0.15, -0.1) is 0 Å². The van der Waals surface area contributed by atoms with Crippen LogP contribution in [0.5, 0.6) is 0 Å². The first-order valence-corrected chi connectivity index (χ1v) is 7.02. The van der Waals surface area contributed by atoms with Crippen LogP contribution in [0.3, 0.4) is 0 Å². The van der Waals surface area contributed by atoms with Gasteiger partial charge in [-0.3, -0.25) is 5.32 Å². The van der Waals surface area contributed by atoms with Gasteiger partial charge in [0.1, 0.15) is 5.82 Å². The molecule has 0 atom stereocenters. The Kier molecular flexibility index (Phi) is 4.48. The van der Waals surface area contributed by atoms with Gasteiger partial charge in [-0.25, -0.2) is 9.78 Å². The maximum Gasteiger partial charge on any atom is 0.324 e. The fourth-order valence-electron chi connectivity index (χ4n) is 1.78. The highest BCUT2D eigenvalue weighted by molar-refractivity contribution is 6.30. The zero-order valence-electron chi connectivity index (χ0n) is 12.3. The monoisotopic (exact) mass is 303 g/mol. The van der Waals surface area contributed by atoms with Crippen LogP contribution in [-0.4, -0.2) is 11.0 Å². The van der Waals surface area contributed by atoms with E-state index in [9.17, 15) is 4.79 Å². The van der Waals surface area contributed by atoms with Crippen molar-refractivity contribution in [1.29, 1.82) is 0 Å². The lowest BCUT2D eigenvalue weighted by Gasteiger charge is -2.19. The molecule has 0 aliphatic heterocycles. The molecule has 0 spiro atoms. The maximum absolute atomic E-state index is 11.9. The number of carbonyl (C=O) groups excluding carboxylic acids is 1. The molecule has 1 aromatic carbocycles. The molecule has 1 aromatic heterocycles. The molecule has 2 aromatic rings. The van der Waals surface area contributed by atoms with Crippen LogP contribution in [0.25, 0.3) is 0 Å². The average Bonchev–Trinajstić information content (AvgIpc) is 2.41. The molecule has 2 N–H and O–H groups in total. The summed E-state index contributed by atoms with van der Waals surface area (Å²) in [5, 5.41) is 5.93. The number of carbonyl (C=O) groups is 1. The Morgan fingerprint density at radius 3 is 2.24 bits per heavy atom. The van der Waals surface area contributed by atoms with Crippen molar-refractivity contribution < 1.29 is 4.79 Å². The van der Waals surface area contributed by atoms with Crippen molar-refractivity contribution in [1.82, 2.24) is 4.98 Å². The Bertz CT molecular complexity index is 615. The van der Waals surface area contributed by atoms with E-state index in [0.717, 1.165) is 5.69 Å². The third-order valence-corrected chi connectivity index (χ3v) is 3.20. The first-order chi connectivity index (χ1) is 9.84. The molecule has 1 heterocycles. The van der Waals surface area contributed by atoms with Gasteiger partial charge in [0.2, 0.25) is 0 Å². The summed E-state index contributed by atoms with van der Waals surface area (Å²) in [6.45, 7) is 6.44. The molecule has 2 rings (SSSR count). The number of amides is 2. The van der Waals surface area contributed by atoms with Crippen LogP contribution in [-0.2, 0) is 5.41 Å². The number of hydrogen-bond acceptors (Lipinski definition) is 2. The quantitative estimate of drug-likeness (QED) is 0.846. The van der Waals surface area contributed by atoms with Gasteiger partial charge < -0.3 is 5.32 Å². The number of anilines is 2. The standard InChI is InChI=1S/C16H18ClN3O/c1-16(2,3)11-4-7-13(8-5-11)19-15(21)20-14-9-6-12(17)10-18-14/h4-10H,1-3H3,(H2,18,19,20,21). The van der Waals surface area contributed by atoms with E-state index in [1.807, 2.05) is 24.3 Å². The predicted molar refractivity (Wildman–Crippen MR) is 87.0 cm³/mol. The number of nitrogens with one attached hydrogen (secondary N) is 2. The van der Waals surface area contributed by atoms with Crippen molar-refractivity contribution in [2.45, 2.75) is 26.2 Å². The summed E-state index contributed by atoms with van der Waals surface area (Å²) >= 11 is 5.74. The van der Waals surface area contributed by atoms with Crippen molar-refractivity contribution in [3.8, 4) is 0 Å². The second-order valence-corrected chi connectivity index (χ2v) is 6.20. The van der Waals surface area contributed by atoms with Crippen molar-refractivity contribution in [3.63, 3.8) is 0 Å². The Balaban J connectivity index is 1.98. The number of aromatic nitrogens is 1. The van der Waals surface area contributed by atoms with Crippen molar-refractivity contribution in [2.24, 2.45) is 0 Å². The van der Waals surface area contributed by atoms with Crippen molar-refractivity contribution in [3.05, 3.63) is 53.2 Å². The number of pyridine rings is 1. The lowest BCUT2D eigenvalue weighted by Crippen LogP contribution is -2.20. The van der Waals surface area contributed by atoms with Gasteiger partial charge in [-0.2, -0.15) is 0 Å². The third-order valence-electron chi connectivity index (χ3n) is 2.98. The number of nitrogens with zero attached hydrogens (tertiary/aromatic N) is 1. The number of halogens is 1. The van der Waals surface area contributed by atoms with Gasteiger partial charge in [0, 0.05) is 11.9 Å². The van der Waals surface area contributed by atoms with Gasteiger partial charge >= 0.3 is 6.03 Å². The van der Waals surface area contributed by atoms with Crippen molar-refractivity contribution >= 4 is 29.1 Å². The Labute approximate surface area is 129 Å². The van der Waals surface area contributed by atoms with E-state index in [1.165, 1.54) is 11.8 Å². The Morgan fingerprint density at radius 1 is 1.05 bits per heavy atom. The molecule has 0 saturated carbocycles. The third kappa shape index (κ3) is 4.46. The highest BCUT2D eigenvalue weighted by atomic mass is 35.5. The minimum absolute atomic E-state index is 0.0913. The average molecular weight is 304 g/mol. The second kappa shape index (κ2) is 6.14. The van der Waals surface area contributed by atoms with Crippen LogP contribution < -0.4 is 10.6 Å². The maximum atomic E-state index is 11.9. The Hall–Kier alpha value is -2.07. The molecular weight excluding hydrogens is 286 g/mol. The van der Waals surface area contributed by atoms with E-state index < -0.39 is 0 Å². The van der Waals surface area contributed by atoms with E-state index in [2.05, 4.69) is 36.4 Å². The lowest BCUT2D eigenvalue weighted by atomic mass is 9.87. The largest absolute Gasteiger partial charge is 0.324 e. The molecule has 4 nitrogen and oxygen atoms in total. The highest BCUT2D eigenvalue weighted by Gasteiger charge is 2.13. The van der Waals surface area contributed by atoms with Crippen LogP contribution in [0.2, 0.25) is 5.02 Å². The first-order valence-electron chi connectivity index (χ1n) is 6.65. The minimum Gasteiger partial charge on any atom is -0.308 e. The molecule has 2 amide bonds.